The molecule has 5 nitrogen and oxygen atoms in total. The molecule has 0 unspecified atom stereocenters. The molecule has 0 saturated carbocycles. The van der Waals surface area contributed by atoms with Crippen LogP contribution in [0.3, 0.4) is 0 Å². The third-order valence-corrected chi connectivity index (χ3v) is 4.18. The highest BCUT2D eigenvalue weighted by molar-refractivity contribution is 5.99. The van der Waals surface area contributed by atoms with Gasteiger partial charge in [0.25, 0.3) is 5.91 Å². The van der Waals surface area contributed by atoms with Gasteiger partial charge in [-0.2, -0.15) is 0 Å². The van der Waals surface area contributed by atoms with Crippen LogP contribution in [-0.4, -0.2) is 23.5 Å². The molecule has 2 aromatic rings. The second-order valence-corrected chi connectivity index (χ2v) is 6.63. The Morgan fingerprint density at radius 3 is 2.75 bits per heavy atom. The van der Waals surface area contributed by atoms with Crippen molar-refractivity contribution >= 4 is 11.7 Å². The first-order valence-corrected chi connectivity index (χ1v) is 8.15. The summed E-state index contributed by atoms with van der Waals surface area (Å²) >= 11 is 0. The van der Waals surface area contributed by atoms with Crippen molar-refractivity contribution in [3.05, 3.63) is 58.8 Å². The van der Waals surface area contributed by atoms with Gasteiger partial charge in [-0.1, -0.05) is 30.3 Å². The predicted molar refractivity (Wildman–Crippen MR) is 94.0 cm³/mol. The summed E-state index contributed by atoms with van der Waals surface area (Å²) in [6, 6.07) is 11.7. The average molecular weight is 325 g/mol. The maximum atomic E-state index is 12.6. The number of carbonyl (C=O) groups excluding carboxylic acids is 1. The molecular weight excluding hydrogens is 302 g/mol. The van der Waals surface area contributed by atoms with Gasteiger partial charge >= 0.3 is 0 Å². The lowest BCUT2D eigenvalue weighted by molar-refractivity contribution is -0.0412. The van der Waals surface area contributed by atoms with Crippen LogP contribution in [0.4, 0.5) is 5.82 Å². The minimum absolute atomic E-state index is 0.136. The van der Waals surface area contributed by atoms with Crippen molar-refractivity contribution in [1.82, 2.24) is 10.3 Å². The van der Waals surface area contributed by atoms with E-state index in [9.17, 15) is 4.79 Å². The molecule has 0 spiro atoms. The summed E-state index contributed by atoms with van der Waals surface area (Å²) in [5.74, 6) is 0.473. The normalized spacial score (nSPS) is 15.5. The van der Waals surface area contributed by atoms with Gasteiger partial charge in [0, 0.05) is 25.6 Å². The van der Waals surface area contributed by atoms with Crippen LogP contribution >= 0.6 is 0 Å². The first-order valence-electron chi connectivity index (χ1n) is 8.15. The molecule has 0 saturated heterocycles. The van der Waals surface area contributed by atoms with Crippen LogP contribution in [0.2, 0.25) is 0 Å². The molecular formula is C19H23N3O2. The van der Waals surface area contributed by atoms with Gasteiger partial charge in [-0.15, -0.1) is 0 Å². The molecule has 0 fully saturated rings. The number of fused-ring (bicyclic) bond motifs is 1. The van der Waals surface area contributed by atoms with Gasteiger partial charge in [-0.3, -0.25) is 4.79 Å². The van der Waals surface area contributed by atoms with E-state index in [0.29, 0.717) is 24.5 Å². The molecule has 1 aliphatic rings. The number of hydrogen-bond acceptors (Lipinski definition) is 4. The Bertz CT molecular complexity index is 742. The Hall–Kier alpha value is -2.40. The summed E-state index contributed by atoms with van der Waals surface area (Å²) < 4.78 is 5.84. The standard InChI is InChI=1S/C19H23N3O2/c1-19(2)10-16-14(12-24-19)9-15(17(20-3)22-16)18(23)21-11-13-7-5-4-6-8-13/h4-9H,10-12H2,1-3H3,(H,20,22)(H,21,23). The number of amides is 1. The number of carbonyl (C=O) groups is 1. The molecule has 3 rings (SSSR count). The van der Waals surface area contributed by atoms with E-state index < -0.39 is 0 Å². The summed E-state index contributed by atoms with van der Waals surface area (Å²) in [5, 5.41) is 5.99. The number of hydrogen-bond donors (Lipinski definition) is 2. The van der Waals surface area contributed by atoms with Crippen LogP contribution in [0.5, 0.6) is 0 Å². The highest BCUT2D eigenvalue weighted by atomic mass is 16.5. The molecule has 5 heteroatoms. The van der Waals surface area contributed by atoms with E-state index in [0.717, 1.165) is 23.2 Å². The van der Waals surface area contributed by atoms with Crippen LogP contribution in [0.15, 0.2) is 36.4 Å². The van der Waals surface area contributed by atoms with E-state index in [1.807, 2.05) is 36.4 Å². The van der Waals surface area contributed by atoms with Crippen LogP contribution in [0, 0.1) is 0 Å². The lowest BCUT2D eigenvalue weighted by Crippen LogP contribution is -2.33. The van der Waals surface area contributed by atoms with Crippen LogP contribution in [-0.2, 0) is 24.3 Å². The topological polar surface area (TPSA) is 63.2 Å². The Balaban J connectivity index is 1.81. The third kappa shape index (κ3) is 3.57. The molecule has 0 aliphatic carbocycles. The van der Waals surface area contributed by atoms with Crippen molar-refractivity contribution in [3.8, 4) is 0 Å². The molecule has 2 heterocycles. The van der Waals surface area contributed by atoms with Crippen LogP contribution < -0.4 is 10.6 Å². The first kappa shape index (κ1) is 16.5. The second-order valence-electron chi connectivity index (χ2n) is 6.63. The first-order chi connectivity index (χ1) is 11.5. The van der Waals surface area contributed by atoms with Crippen molar-refractivity contribution in [1.29, 1.82) is 0 Å². The molecule has 1 aromatic carbocycles. The summed E-state index contributed by atoms with van der Waals surface area (Å²) in [6.45, 7) is 5.08. The molecule has 0 bridgehead atoms. The zero-order valence-electron chi connectivity index (χ0n) is 14.3. The molecule has 1 aromatic heterocycles. The largest absolute Gasteiger partial charge is 0.372 e. The molecule has 2 N–H and O–H groups in total. The van der Waals surface area contributed by atoms with E-state index in [1.54, 1.807) is 7.05 Å². The Kier molecular flexibility index (Phi) is 4.53. The smallest absolute Gasteiger partial charge is 0.255 e. The van der Waals surface area contributed by atoms with Crippen LogP contribution in [0.1, 0.15) is 41.0 Å². The van der Waals surface area contributed by atoms with Gasteiger partial charge in [0.1, 0.15) is 5.82 Å². The Morgan fingerprint density at radius 1 is 1.29 bits per heavy atom. The van der Waals surface area contributed by atoms with Gasteiger partial charge in [0.2, 0.25) is 0 Å². The fourth-order valence-electron chi connectivity index (χ4n) is 2.84. The monoisotopic (exact) mass is 325 g/mol. The van der Waals surface area contributed by atoms with Gasteiger partial charge in [0.05, 0.1) is 23.5 Å². The number of aromatic nitrogens is 1. The summed E-state index contributed by atoms with van der Waals surface area (Å²) in [4.78, 5) is 17.2. The summed E-state index contributed by atoms with van der Waals surface area (Å²) in [6.07, 6.45) is 0.739. The minimum Gasteiger partial charge on any atom is -0.372 e. The number of pyridine rings is 1. The average Bonchev–Trinajstić information content (AvgIpc) is 2.58. The zero-order chi connectivity index (χ0) is 17.2. The van der Waals surface area contributed by atoms with Crippen molar-refractivity contribution in [2.24, 2.45) is 0 Å². The Labute approximate surface area is 142 Å². The highest BCUT2D eigenvalue weighted by Crippen LogP contribution is 2.29. The highest BCUT2D eigenvalue weighted by Gasteiger charge is 2.28. The van der Waals surface area contributed by atoms with Gasteiger partial charge in [-0.05, 0) is 25.5 Å². The molecule has 0 radical (unpaired) electrons. The lowest BCUT2D eigenvalue weighted by atomic mass is 9.95. The predicted octanol–water partition coefficient (Wildman–Crippen LogP) is 2.90. The van der Waals surface area contributed by atoms with Crippen molar-refractivity contribution in [2.75, 3.05) is 12.4 Å². The minimum atomic E-state index is -0.220. The number of nitrogens with one attached hydrogen (secondary N) is 2. The Morgan fingerprint density at radius 2 is 2.04 bits per heavy atom. The van der Waals surface area contributed by atoms with E-state index in [1.165, 1.54) is 0 Å². The van der Waals surface area contributed by atoms with E-state index >= 15 is 0 Å². The lowest BCUT2D eigenvalue weighted by Gasteiger charge is -2.31. The molecule has 1 amide bonds. The van der Waals surface area contributed by atoms with Gasteiger partial charge in [0.15, 0.2) is 0 Å². The summed E-state index contributed by atoms with van der Waals surface area (Å²) in [7, 11) is 1.78. The molecule has 126 valence electrons. The number of anilines is 1. The maximum absolute atomic E-state index is 12.6. The summed E-state index contributed by atoms with van der Waals surface area (Å²) in [5.41, 5.74) is 3.37. The van der Waals surface area contributed by atoms with E-state index in [-0.39, 0.29) is 11.5 Å². The van der Waals surface area contributed by atoms with Crippen LogP contribution in [0.25, 0.3) is 0 Å². The fraction of sp³-hybridized carbons (Fsp3) is 0.368. The number of ether oxygens (including phenoxy) is 1. The third-order valence-electron chi connectivity index (χ3n) is 4.18. The van der Waals surface area contributed by atoms with Gasteiger partial charge in [-0.25, -0.2) is 4.98 Å². The maximum Gasteiger partial charge on any atom is 0.255 e. The molecule has 1 aliphatic heterocycles. The quantitative estimate of drug-likeness (QED) is 0.907. The van der Waals surface area contributed by atoms with Crippen molar-refractivity contribution in [3.63, 3.8) is 0 Å². The number of benzene rings is 1. The van der Waals surface area contributed by atoms with E-state index in [2.05, 4.69) is 29.5 Å². The van der Waals surface area contributed by atoms with E-state index in [4.69, 9.17) is 4.74 Å². The molecule has 0 atom stereocenters. The molecule has 24 heavy (non-hydrogen) atoms. The zero-order valence-corrected chi connectivity index (χ0v) is 14.3. The van der Waals surface area contributed by atoms with Crippen molar-refractivity contribution < 1.29 is 9.53 Å². The van der Waals surface area contributed by atoms with Crippen molar-refractivity contribution in [2.45, 2.75) is 39.0 Å². The number of rotatable bonds is 4. The fourth-order valence-corrected chi connectivity index (χ4v) is 2.84. The SMILES string of the molecule is CNc1nc2c(cc1C(=O)NCc1ccccc1)COC(C)(C)C2. The number of nitrogens with zero attached hydrogens (tertiary/aromatic N) is 1. The second kappa shape index (κ2) is 6.61. The van der Waals surface area contributed by atoms with Gasteiger partial charge < -0.3 is 15.4 Å².